The van der Waals surface area contributed by atoms with Crippen molar-refractivity contribution in [1.29, 1.82) is 15.8 Å². The van der Waals surface area contributed by atoms with Crippen LogP contribution >= 0.6 is 6.88 Å². The third kappa shape index (κ3) is 1.16. The van der Waals surface area contributed by atoms with Gasteiger partial charge in [-0.2, -0.15) is 0 Å². The van der Waals surface area contributed by atoms with E-state index in [1.165, 1.54) is 0 Å². The van der Waals surface area contributed by atoms with Crippen LogP contribution < -0.4 is 0 Å². The predicted octanol–water partition coefficient (Wildman–Crippen LogP) is 2.17. The van der Waals surface area contributed by atoms with Crippen LogP contribution in [-0.4, -0.2) is 0 Å². The SMILES string of the molecule is N#C[P-](F)(F)(F)(C#N)C#N. The second-order valence-electron chi connectivity index (χ2n) is 1.59. The number of hydrogen-bond acceptors (Lipinski definition) is 3. The van der Waals surface area contributed by atoms with Crippen LogP contribution in [0.5, 0.6) is 0 Å². The molecule has 0 saturated heterocycles. The van der Waals surface area contributed by atoms with Crippen molar-refractivity contribution in [3.8, 4) is 17.4 Å². The van der Waals surface area contributed by atoms with Crippen molar-refractivity contribution in [2.45, 2.75) is 0 Å². The van der Waals surface area contributed by atoms with E-state index < -0.39 is 6.88 Å². The molecule has 0 aromatic carbocycles. The molecule has 0 saturated carbocycles. The van der Waals surface area contributed by atoms with Crippen molar-refractivity contribution >= 4 is 6.88 Å². The average molecular weight is 166 g/mol. The fourth-order valence-corrected chi connectivity index (χ4v) is 0.201. The molecule has 0 atom stereocenters. The van der Waals surface area contributed by atoms with Gasteiger partial charge in [0.25, 0.3) is 0 Å². The summed E-state index contributed by atoms with van der Waals surface area (Å²) in [6.07, 6.45) is 0. The van der Waals surface area contributed by atoms with E-state index in [0.29, 0.717) is 0 Å². The summed E-state index contributed by atoms with van der Waals surface area (Å²) in [5.41, 5.74) is 0. The Balaban J connectivity index is 5.71. The Morgan fingerprint density at radius 3 is 1.00 bits per heavy atom. The zero-order chi connectivity index (χ0) is 8.53. The van der Waals surface area contributed by atoms with E-state index in [2.05, 4.69) is 0 Å². The summed E-state index contributed by atoms with van der Waals surface area (Å²) in [5.74, 6) is -0.465. The second kappa shape index (κ2) is 1.24. The molecule has 0 heterocycles. The van der Waals surface area contributed by atoms with Crippen molar-refractivity contribution in [2.24, 2.45) is 0 Å². The Labute approximate surface area is 53.8 Å². The number of halogens is 3. The third-order valence-corrected chi connectivity index (χ3v) is 1.92. The molecule has 0 aromatic rings. The Morgan fingerprint density at radius 1 is 0.800 bits per heavy atom. The molecule has 0 rings (SSSR count). The normalized spacial score (nSPS) is 16.8. The third-order valence-electron chi connectivity index (χ3n) is 0.640. The van der Waals surface area contributed by atoms with Crippen molar-refractivity contribution < 1.29 is 12.6 Å². The number of rotatable bonds is 0. The molecule has 0 aliphatic heterocycles. The van der Waals surface area contributed by atoms with Gasteiger partial charge in [0.15, 0.2) is 0 Å². The molecule has 0 aliphatic rings. The number of nitrogens with zero attached hydrogens (tertiary/aromatic N) is 3. The Kier molecular flexibility index (Phi) is 1.07. The summed E-state index contributed by atoms with van der Waals surface area (Å²) in [7, 11) is 0. The van der Waals surface area contributed by atoms with Crippen LogP contribution in [0.1, 0.15) is 0 Å². The van der Waals surface area contributed by atoms with E-state index in [1.54, 1.807) is 0 Å². The van der Waals surface area contributed by atoms with Crippen LogP contribution in [0.2, 0.25) is 0 Å². The molecule has 0 spiro atoms. The van der Waals surface area contributed by atoms with Gasteiger partial charge in [-0.15, -0.1) is 0 Å². The van der Waals surface area contributed by atoms with Gasteiger partial charge in [-0.25, -0.2) is 0 Å². The average Bonchev–Trinajstić information content (AvgIpc) is 1.90. The molecule has 0 aromatic heterocycles. The van der Waals surface area contributed by atoms with Crippen molar-refractivity contribution in [3.63, 3.8) is 0 Å². The molecular formula is C3F3N3P-. The fourth-order valence-electron chi connectivity index (χ4n) is 0.0671. The first kappa shape index (κ1) is 8.69. The maximum atomic E-state index is 12.1. The van der Waals surface area contributed by atoms with Gasteiger partial charge >= 0.3 is 52.7 Å². The molecule has 0 unspecified atom stereocenters. The minimum absolute atomic E-state index is 0.155. The van der Waals surface area contributed by atoms with Crippen LogP contribution in [0.3, 0.4) is 0 Å². The summed E-state index contributed by atoms with van der Waals surface area (Å²) in [4.78, 5) is 0. The molecule has 0 radical (unpaired) electrons. The molecule has 7 heteroatoms. The standard InChI is InChI=1S/C3F3N3P/c4-10(5,6,1-7,2-8)3-9/q-1. The zero-order valence-corrected chi connectivity index (χ0v) is 5.32. The molecule has 54 valence electrons. The summed E-state index contributed by atoms with van der Waals surface area (Å²) in [6.45, 7) is -8.35. The predicted molar refractivity (Wildman–Crippen MR) is 27.1 cm³/mol. The summed E-state index contributed by atoms with van der Waals surface area (Å²) in [5, 5.41) is 22.6. The van der Waals surface area contributed by atoms with Gasteiger partial charge in [0, 0.05) is 0 Å². The minimum atomic E-state index is -8.35. The van der Waals surface area contributed by atoms with Gasteiger partial charge in [0.05, 0.1) is 0 Å². The van der Waals surface area contributed by atoms with Crippen LogP contribution in [-0.2, 0) is 0 Å². The first-order valence-corrected chi connectivity index (χ1v) is 4.20. The van der Waals surface area contributed by atoms with E-state index in [4.69, 9.17) is 15.8 Å². The van der Waals surface area contributed by atoms with E-state index in [0.717, 1.165) is 0 Å². The molecule has 0 aliphatic carbocycles. The fraction of sp³-hybridized carbons (Fsp3) is 0. The van der Waals surface area contributed by atoms with E-state index in [-0.39, 0.29) is 17.4 Å². The topological polar surface area (TPSA) is 71.4 Å². The first-order chi connectivity index (χ1) is 4.21. The van der Waals surface area contributed by atoms with Gasteiger partial charge in [0.2, 0.25) is 0 Å². The van der Waals surface area contributed by atoms with Crippen molar-refractivity contribution in [1.82, 2.24) is 0 Å². The summed E-state index contributed by atoms with van der Waals surface area (Å²) < 4.78 is 36.2. The van der Waals surface area contributed by atoms with Gasteiger partial charge in [-0.05, 0) is 0 Å². The summed E-state index contributed by atoms with van der Waals surface area (Å²) in [6, 6.07) is 0. The monoisotopic (exact) mass is 166 g/mol. The zero-order valence-electron chi connectivity index (χ0n) is 4.42. The van der Waals surface area contributed by atoms with E-state index in [1.807, 2.05) is 0 Å². The van der Waals surface area contributed by atoms with Crippen molar-refractivity contribution in [3.05, 3.63) is 0 Å². The molecule has 0 amide bonds. The van der Waals surface area contributed by atoms with Crippen LogP contribution in [0.4, 0.5) is 12.6 Å². The second-order valence-corrected chi connectivity index (χ2v) is 4.76. The van der Waals surface area contributed by atoms with Gasteiger partial charge < -0.3 is 0 Å². The summed E-state index contributed by atoms with van der Waals surface area (Å²) >= 11 is 0. The quantitative estimate of drug-likeness (QED) is 0.517. The molecule has 0 bridgehead atoms. The Hall–Kier alpha value is -1.31. The van der Waals surface area contributed by atoms with Gasteiger partial charge in [-0.1, -0.05) is 0 Å². The Morgan fingerprint density at radius 2 is 1.00 bits per heavy atom. The van der Waals surface area contributed by atoms with E-state index in [9.17, 15) is 12.6 Å². The van der Waals surface area contributed by atoms with Crippen LogP contribution in [0.25, 0.3) is 0 Å². The van der Waals surface area contributed by atoms with Gasteiger partial charge in [0.1, 0.15) is 0 Å². The number of nitriles is 3. The molecule has 10 heavy (non-hydrogen) atoms. The van der Waals surface area contributed by atoms with Crippen molar-refractivity contribution in [2.75, 3.05) is 0 Å². The van der Waals surface area contributed by atoms with Gasteiger partial charge in [-0.3, -0.25) is 0 Å². The molecule has 0 N–H and O–H groups in total. The number of hydrogen-bond donors (Lipinski definition) is 0. The first-order valence-electron chi connectivity index (χ1n) is 1.85. The molecular weight excluding hydrogens is 166 g/mol. The molecule has 0 fully saturated rings. The Bertz CT molecular complexity index is 257. The van der Waals surface area contributed by atoms with E-state index >= 15 is 0 Å². The maximum absolute atomic E-state index is 12.1. The molecule has 3 nitrogen and oxygen atoms in total. The van der Waals surface area contributed by atoms with Crippen LogP contribution in [0, 0.1) is 33.2 Å². The van der Waals surface area contributed by atoms with Crippen LogP contribution in [0.15, 0.2) is 0 Å².